The molecule has 3 unspecified atom stereocenters. The summed E-state index contributed by atoms with van der Waals surface area (Å²) < 4.78 is 11.1. The summed E-state index contributed by atoms with van der Waals surface area (Å²) in [7, 11) is -0.702. The van der Waals surface area contributed by atoms with Crippen LogP contribution in [-0.4, -0.2) is 28.8 Å². The van der Waals surface area contributed by atoms with E-state index in [1.165, 1.54) is 17.5 Å². The van der Waals surface area contributed by atoms with Gasteiger partial charge in [-0.25, -0.2) is 0 Å². The molecule has 0 saturated heterocycles. The lowest BCUT2D eigenvalue weighted by molar-refractivity contribution is 0.498. The highest BCUT2D eigenvalue weighted by Crippen LogP contribution is 2.33. The van der Waals surface area contributed by atoms with Gasteiger partial charge in [0.15, 0.2) is 0 Å². The van der Waals surface area contributed by atoms with Crippen molar-refractivity contribution in [3.05, 3.63) is 35.4 Å². The van der Waals surface area contributed by atoms with Crippen molar-refractivity contribution in [1.82, 2.24) is 5.32 Å². The zero-order valence-electron chi connectivity index (χ0n) is 9.90. The Balaban J connectivity index is 1.79. The summed E-state index contributed by atoms with van der Waals surface area (Å²) in [6, 6.07) is 8.98. The van der Waals surface area contributed by atoms with Gasteiger partial charge in [-0.15, -0.1) is 0 Å². The molecule has 0 fully saturated rings. The van der Waals surface area contributed by atoms with Gasteiger partial charge in [0.2, 0.25) is 0 Å². The maximum absolute atomic E-state index is 11.1. The zero-order chi connectivity index (χ0) is 11.5. The van der Waals surface area contributed by atoms with Crippen LogP contribution in [0.15, 0.2) is 24.3 Å². The van der Waals surface area contributed by atoms with Crippen molar-refractivity contribution in [3.8, 4) is 0 Å². The molecule has 1 aromatic rings. The summed E-state index contributed by atoms with van der Waals surface area (Å²) in [4.78, 5) is 0. The Morgan fingerprint density at radius 3 is 2.94 bits per heavy atom. The topological polar surface area (TPSA) is 29.1 Å². The van der Waals surface area contributed by atoms with E-state index in [1.54, 1.807) is 6.26 Å². The van der Waals surface area contributed by atoms with Crippen LogP contribution < -0.4 is 5.32 Å². The Bertz CT molecular complexity index is 391. The number of fused-ring (bicyclic) bond motifs is 1. The molecule has 88 valence electrons. The molecule has 1 aliphatic rings. The van der Waals surface area contributed by atoms with Crippen molar-refractivity contribution in [2.75, 3.05) is 18.6 Å². The minimum atomic E-state index is -0.702. The SMILES string of the molecule is CC(CS(C)=O)NCC1Cc2ccccc21. The van der Waals surface area contributed by atoms with Crippen LogP contribution in [0.5, 0.6) is 0 Å². The zero-order valence-corrected chi connectivity index (χ0v) is 10.7. The highest BCUT2D eigenvalue weighted by molar-refractivity contribution is 7.84. The molecular formula is C13H19NOS. The molecule has 0 spiro atoms. The third kappa shape index (κ3) is 2.71. The fourth-order valence-corrected chi connectivity index (χ4v) is 3.12. The standard InChI is InChI=1S/C13H19NOS/c1-10(9-16(2)15)14-8-12-7-11-5-3-4-6-13(11)12/h3-6,10,12,14H,7-9H2,1-2H3. The van der Waals surface area contributed by atoms with Gasteiger partial charge in [0, 0.05) is 41.3 Å². The summed E-state index contributed by atoms with van der Waals surface area (Å²) in [5.74, 6) is 1.40. The van der Waals surface area contributed by atoms with Crippen LogP contribution in [-0.2, 0) is 17.2 Å². The minimum absolute atomic E-state index is 0.346. The molecule has 0 amide bonds. The van der Waals surface area contributed by atoms with Crippen molar-refractivity contribution in [3.63, 3.8) is 0 Å². The van der Waals surface area contributed by atoms with Crippen LogP contribution in [0.25, 0.3) is 0 Å². The van der Waals surface area contributed by atoms with E-state index in [2.05, 4.69) is 36.5 Å². The van der Waals surface area contributed by atoms with Gasteiger partial charge in [-0.1, -0.05) is 24.3 Å². The third-order valence-electron chi connectivity index (χ3n) is 3.16. The Morgan fingerprint density at radius 1 is 1.50 bits per heavy atom. The second-order valence-electron chi connectivity index (χ2n) is 4.65. The van der Waals surface area contributed by atoms with Crippen LogP contribution in [0.1, 0.15) is 24.0 Å². The van der Waals surface area contributed by atoms with E-state index < -0.39 is 10.8 Å². The number of hydrogen-bond donors (Lipinski definition) is 1. The second-order valence-corrected chi connectivity index (χ2v) is 6.13. The summed E-state index contributed by atoms with van der Waals surface area (Å²) in [5.41, 5.74) is 2.97. The van der Waals surface area contributed by atoms with E-state index >= 15 is 0 Å². The Hall–Kier alpha value is -0.670. The molecule has 0 heterocycles. The molecule has 0 aromatic heterocycles. The second kappa shape index (κ2) is 5.11. The van der Waals surface area contributed by atoms with Gasteiger partial charge >= 0.3 is 0 Å². The number of rotatable bonds is 5. The van der Waals surface area contributed by atoms with Crippen molar-refractivity contribution in [2.24, 2.45) is 0 Å². The summed E-state index contributed by atoms with van der Waals surface area (Å²) in [5, 5.41) is 3.46. The Labute approximate surface area is 99.9 Å². The molecule has 1 aromatic carbocycles. The molecule has 1 N–H and O–H groups in total. The quantitative estimate of drug-likeness (QED) is 0.844. The van der Waals surface area contributed by atoms with Gasteiger partial charge < -0.3 is 5.32 Å². The van der Waals surface area contributed by atoms with E-state index in [0.29, 0.717) is 12.0 Å². The fraction of sp³-hybridized carbons (Fsp3) is 0.538. The first-order valence-electron chi connectivity index (χ1n) is 5.78. The normalized spacial score (nSPS) is 22.0. The first-order valence-corrected chi connectivity index (χ1v) is 7.50. The van der Waals surface area contributed by atoms with E-state index in [9.17, 15) is 4.21 Å². The molecule has 3 atom stereocenters. The average molecular weight is 237 g/mol. The third-order valence-corrected chi connectivity index (χ3v) is 4.13. The highest BCUT2D eigenvalue weighted by Gasteiger charge is 2.25. The molecule has 2 nitrogen and oxygen atoms in total. The van der Waals surface area contributed by atoms with Gasteiger partial charge in [0.05, 0.1) is 0 Å². The van der Waals surface area contributed by atoms with E-state index in [4.69, 9.17) is 0 Å². The lowest BCUT2D eigenvalue weighted by Gasteiger charge is -2.31. The summed E-state index contributed by atoms with van der Waals surface area (Å²) >= 11 is 0. The number of benzene rings is 1. The van der Waals surface area contributed by atoms with E-state index in [0.717, 1.165) is 12.3 Å². The smallest absolute Gasteiger partial charge is 0.0383 e. The Kier molecular flexibility index (Phi) is 3.77. The first kappa shape index (κ1) is 11.8. The first-order chi connectivity index (χ1) is 7.66. The van der Waals surface area contributed by atoms with Crippen LogP contribution in [0, 0.1) is 0 Å². The largest absolute Gasteiger partial charge is 0.313 e. The van der Waals surface area contributed by atoms with Gasteiger partial charge in [-0.3, -0.25) is 4.21 Å². The minimum Gasteiger partial charge on any atom is -0.313 e. The van der Waals surface area contributed by atoms with Gasteiger partial charge in [-0.2, -0.15) is 0 Å². The van der Waals surface area contributed by atoms with Crippen LogP contribution >= 0.6 is 0 Å². The predicted molar refractivity (Wildman–Crippen MR) is 69.3 cm³/mol. The predicted octanol–water partition coefficient (Wildman–Crippen LogP) is 1.68. The van der Waals surface area contributed by atoms with Crippen molar-refractivity contribution < 1.29 is 4.21 Å². The summed E-state index contributed by atoms with van der Waals surface area (Å²) in [6.07, 6.45) is 2.95. The molecule has 3 heteroatoms. The monoisotopic (exact) mass is 237 g/mol. The number of nitrogens with one attached hydrogen (secondary N) is 1. The fourth-order valence-electron chi connectivity index (χ4n) is 2.30. The van der Waals surface area contributed by atoms with Crippen LogP contribution in [0.2, 0.25) is 0 Å². The van der Waals surface area contributed by atoms with Gasteiger partial charge in [0.25, 0.3) is 0 Å². The molecule has 0 radical (unpaired) electrons. The lowest BCUT2D eigenvalue weighted by atomic mass is 9.77. The van der Waals surface area contributed by atoms with Crippen molar-refractivity contribution in [2.45, 2.75) is 25.3 Å². The van der Waals surface area contributed by atoms with Crippen molar-refractivity contribution in [1.29, 1.82) is 0 Å². The molecule has 0 saturated carbocycles. The molecule has 0 bridgehead atoms. The van der Waals surface area contributed by atoms with Crippen LogP contribution in [0.3, 0.4) is 0 Å². The maximum atomic E-state index is 11.1. The van der Waals surface area contributed by atoms with Crippen LogP contribution in [0.4, 0.5) is 0 Å². The lowest BCUT2D eigenvalue weighted by Crippen LogP contribution is -2.37. The highest BCUT2D eigenvalue weighted by atomic mass is 32.2. The van der Waals surface area contributed by atoms with Gasteiger partial charge in [-0.05, 0) is 24.5 Å². The molecule has 16 heavy (non-hydrogen) atoms. The van der Waals surface area contributed by atoms with E-state index in [1.807, 2.05) is 0 Å². The van der Waals surface area contributed by atoms with E-state index in [-0.39, 0.29) is 0 Å². The molecule has 2 rings (SSSR count). The van der Waals surface area contributed by atoms with Gasteiger partial charge in [0.1, 0.15) is 0 Å². The van der Waals surface area contributed by atoms with Crippen molar-refractivity contribution >= 4 is 10.8 Å². The summed E-state index contributed by atoms with van der Waals surface area (Å²) in [6.45, 7) is 3.11. The molecule has 0 aliphatic heterocycles. The maximum Gasteiger partial charge on any atom is 0.0383 e. The molecule has 1 aliphatic carbocycles. The average Bonchev–Trinajstić information content (AvgIpc) is 2.18. The molecular weight excluding hydrogens is 218 g/mol. The Morgan fingerprint density at radius 2 is 2.25 bits per heavy atom. The number of hydrogen-bond acceptors (Lipinski definition) is 2.